The molecule has 1 heterocycles. The van der Waals surface area contributed by atoms with Crippen LogP contribution in [0.3, 0.4) is 0 Å². The topological polar surface area (TPSA) is 74.2 Å². The van der Waals surface area contributed by atoms with Gasteiger partial charge in [0.15, 0.2) is 0 Å². The Kier molecular flexibility index (Phi) is 5.27. The number of benzene rings is 1. The fourth-order valence-electron chi connectivity index (χ4n) is 1.64. The van der Waals surface area contributed by atoms with Crippen LogP contribution >= 0.6 is 31.9 Å². The summed E-state index contributed by atoms with van der Waals surface area (Å²) >= 11 is 6.61. The zero-order valence-corrected chi connectivity index (χ0v) is 13.7. The molecule has 2 aromatic rings. The van der Waals surface area contributed by atoms with Crippen molar-refractivity contribution in [2.75, 3.05) is 10.6 Å². The Morgan fingerprint density at radius 3 is 2.71 bits per heavy atom. The van der Waals surface area contributed by atoms with Gasteiger partial charge in [0, 0.05) is 32.5 Å². The lowest BCUT2D eigenvalue weighted by Crippen LogP contribution is -2.20. The summed E-state index contributed by atoms with van der Waals surface area (Å²) in [5.41, 5.74) is 1.25. The molecule has 2 rings (SSSR count). The maximum Gasteiger partial charge on any atom is 0.323 e. The molecule has 0 saturated carbocycles. The van der Waals surface area contributed by atoms with E-state index in [4.69, 9.17) is 0 Å². The molecule has 110 valence electrons. The molecule has 5 nitrogen and oxygen atoms in total. The van der Waals surface area contributed by atoms with Crippen LogP contribution in [0.1, 0.15) is 5.56 Å². The van der Waals surface area contributed by atoms with Gasteiger partial charge in [-0.3, -0.25) is 0 Å². The van der Waals surface area contributed by atoms with Gasteiger partial charge in [0.25, 0.3) is 0 Å². The van der Waals surface area contributed by atoms with E-state index in [1.54, 1.807) is 12.1 Å². The molecule has 0 spiro atoms. The van der Waals surface area contributed by atoms with Crippen LogP contribution in [0.2, 0.25) is 0 Å². The normalized spacial score (nSPS) is 10.3. The molecule has 2 amide bonds. The van der Waals surface area contributed by atoms with Gasteiger partial charge in [-0.1, -0.05) is 31.9 Å². The van der Waals surface area contributed by atoms with E-state index >= 15 is 0 Å². The minimum absolute atomic E-state index is 0.243. The van der Waals surface area contributed by atoms with Gasteiger partial charge < -0.3 is 15.7 Å². The third kappa shape index (κ3) is 4.23. The van der Waals surface area contributed by atoms with E-state index in [-0.39, 0.29) is 12.3 Å². The standard InChI is InChI=1S/C13H10Br2FN3O2/c14-7-3-10(15)9(6-20)11(4-7)19-13(21)18-8-1-2-17-12(16)5-8/h1-5,20H,6H2,(H2,17,18,19,21). The Bertz CT molecular complexity index is 682. The van der Waals surface area contributed by atoms with E-state index in [1.165, 1.54) is 12.3 Å². The number of aliphatic hydroxyl groups excluding tert-OH is 1. The number of aromatic nitrogens is 1. The van der Waals surface area contributed by atoms with Gasteiger partial charge in [-0.15, -0.1) is 0 Å². The number of urea groups is 1. The molecule has 0 radical (unpaired) electrons. The van der Waals surface area contributed by atoms with Gasteiger partial charge in [-0.05, 0) is 18.2 Å². The number of anilines is 2. The Labute approximate surface area is 136 Å². The highest BCUT2D eigenvalue weighted by Gasteiger charge is 2.11. The number of hydrogen-bond acceptors (Lipinski definition) is 3. The summed E-state index contributed by atoms with van der Waals surface area (Å²) in [5.74, 6) is -0.686. The summed E-state index contributed by atoms with van der Waals surface area (Å²) in [4.78, 5) is 15.3. The van der Waals surface area contributed by atoms with Crippen molar-refractivity contribution in [2.24, 2.45) is 0 Å². The van der Waals surface area contributed by atoms with Crippen LogP contribution in [0.4, 0.5) is 20.6 Å². The largest absolute Gasteiger partial charge is 0.392 e. The molecule has 0 fully saturated rings. The Morgan fingerprint density at radius 1 is 1.29 bits per heavy atom. The Hall–Kier alpha value is -1.51. The predicted molar refractivity (Wildman–Crippen MR) is 84.6 cm³/mol. The molecule has 0 aliphatic carbocycles. The summed E-state index contributed by atoms with van der Waals surface area (Å²) < 4.78 is 14.3. The minimum atomic E-state index is -0.686. The molecule has 1 aromatic heterocycles. The molecule has 0 bridgehead atoms. The van der Waals surface area contributed by atoms with E-state index in [2.05, 4.69) is 47.5 Å². The van der Waals surface area contributed by atoms with Gasteiger partial charge in [-0.25, -0.2) is 9.78 Å². The average molecular weight is 419 g/mol. The second-order valence-corrected chi connectivity index (χ2v) is 5.79. The number of aliphatic hydroxyl groups is 1. The second kappa shape index (κ2) is 6.97. The van der Waals surface area contributed by atoms with Crippen molar-refractivity contribution in [1.29, 1.82) is 0 Å². The minimum Gasteiger partial charge on any atom is -0.392 e. The molecule has 21 heavy (non-hydrogen) atoms. The first-order chi connectivity index (χ1) is 9.99. The van der Waals surface area contributed by atoms with Crippen LogP contribution in [-0.2, 0) is 6.61 Å². The molecule has 0 saturated heterocycles. The van der Waals surface area contributed by atoms with Crippen molar-refractivity contribution in [3.63, 3.8) is 0 Å². The van der Waals surface area contributed by atoms with E-state index in [1.807, 2.05) is 0 Å². The SMILES string of the molecule is O=C(Nc1ccnc(F)c1)Nc1cc(Br)cc(Br)c1CO. The molecule has 0 atom stereocenters. The monoisotopic (exact) mass is 417 g/mol. The number of carbonyl (C=O) groups excluding carboxylic acids is 1. The van der Waals surface area contributed by atoms with E-state index in [9.17, 15) is 14.3 Å². The van der Waals surface area contributed by atoms with Crippen molar-refractivity contribution in [1.82, 2.24) is 4.98 Å². The van der Waals surface area contributed by atoms with E-state index < -0.39 is 12.0 Å². The van der Waals surface area contributed by atoms with Crippen LogP contribution in [0.5, 0.6) is 0 Å². The number of rotatable bonds is 3. The number of nitrogens with zero attached hydrogens (tertiary/aromatic N) is 1. The maximum absolute atomic E-state index is 12.9. The van der Waals surface area contributed by atoms with Crippen LogP contribution in [0, 0.1) is 5.95 Å². The lowest BCUT2D eigenvalue weighted by molar-refractivity contribution is 0.262. The number of nitrogens with one attached hydrogen (secondary N) is 2. The third-order valence-corrected chi connectivity index (χ3v) is 3.72. The van der Waals surface area contributed by atoms with Crippen molar-refractivity contribution in [3.8, 4) is 0 Å². The number of halogens is 3. The Morgan fingerprint density at radius 2 is 2.05 bits per heavy atom. The smallest absolute Gasteiger partial charge is 0.323 e. The number of pyridine rings is 1. The fourth-order valence-corrected chi connectivity index (χ4v) is 2.99. The lowest BCUT2D eigenvalue weighted by atomic mass is 10.2. The van der Waals surface area contributed by atoms with E-state index in [0.717, 1.165) is 10.5 Å². The van der Waals surface area contributed by atoms with Gasteiger partial charge in [0.05, 0.1) is 12.3 Å². The lowest BCUT2D eigenvalue weighted by Gasteiger charge is -2.13. The van der Waals surface area contributed by atoms with Crippen LogP contribution in [0.15, 0.2) is 39.4 Å². The highest BCUT2D eigenvalue weighted by Crippen LogP contribution is 2.29. The zero-order chi connectivity index (χ0) is 15.4. The summed E-state index contributed by atoms with van der Waals surface area (Å²) in [7, 11) is 0. The molecule has 0 aliphatic rings. The fraction of sp³-hybridized carbons (Fsp3) is 0.0769. The molecule has 1 aromatic carbocycles. The third-order valence-electron chi connectivity index (χ3n) is 2.55. The first-order valence-electron chi connectivity index (χ1n) is 5.78. The van der Waals surface area contributed by atoms with Crippen molar-refractivity contribution in [3.05, 3.63) is 50.9 Å². The summed E-state index contributed by atoms with van der Waals surface area (Å²) in [6.07, 6.45) is 1.25. The van der Waals surface area contributed by atoms with Gasteiger partial charge >= 0.3 is 6.03 Å². The average Bonchev–Trinajstić information content (AvgIpc) is 2.37. The molecular weight excluding hydrogens is 409 g/mol. The first-order valence-corrected chi connectivity index (χ1v) is 7.36. The van der Waals surface area contributed by atoms with E-state index in [0.29, 0.717) is 15.7 Å². The molecule has 3 N–H and O–H groups in total. The quantitative estimate of drug-likeness (QED) is 0.662. The number of amides is 2. The second-order valence-electron chi connectivity index (χ2n) is 4.02. The molecular formula is C13H10Br2FN3O2. The van der Waals surface area contributed by atoms with Gasteiger partial charge in [-0.2, -0.15) is 4.39 Å². The van der Waals surface area contributed by atoms with Crippen LogP contribution < -0.4 is 10.6 Å². The summed E-state index contributed by atoms with van der Waals surface area (Å²) in [6.45, 7) is -0.243. The zero-order valence-electron chi connectivity index (χ0n) is 10.5. The summed E-state index contributed by atoms with van der Waals surface area (Å²) in [6, 6.07) is 5.42. The molecule has 8 heteroatoms. The van der Waals surface area contributed by atoms with Crippen molar-refractivity contribution in [2.45, 2.75) is 6.61 Å². The maximum atomic E-state index is 12.9. The molecule has 0 aliphatic heterocycles. The molecule has 0 unspecified atom stereocenters. The number of hydrogen-bond donors (Lipinski definition) is 3. The van der Waals surface area contributed by atoms with Gasteiger partial charge in [0.2, 0.25) is 5.95 Å². The Balaban J connectivity index is 2.16. The highest BCUT2D eigenvalue weighted by molar-refractivity contribution is 9.11. The van der Waals surface area contributed by atoms with Crippen molar-refractivity contribution >= 4 is 49.3 Å². The first kappa shape index (κ1) is 15.9. The van der Waals surface area contributed by atoms with Gasteiger partial charge in [0.1, 0.15) is 0 Å². The predicted octanol–water partition coefficient (Wildman–Crippen LogP) is 3.88. The highest BCUT2D eigenvalue weighted by atomic mass is 79.9. The van der Waals surface area contributed by atoms with Crippen LogP contribution in [0.25, 0.3) is 0 Å². The summed E-state index contributed by atoms with van der Waals surface area (Å²) in [5, 5.41) is 14.4. The van der Waals surface area contributed by atoms with Crippen molar-refractivity contribution < 1.29 is 14.3 Å². The van der Waals surface area contributed by atoms with Crippen LogP contribution in [-0.4, -0.2) is 16.1 Å². The number of carbonyl (C=O) groups is 1.